The predicted octanol–water partition coefficient (Wildman–Crippen LogP) is 3.78. The molecule has 0 saturated heterocycles. The minimum Gasteiger partial charge on any atom is -0.466 e. The lowest BCUT2D eigenvalue weighted by molar-refractivity contribution is 0.193. The molecule has 142 valence electrons. The minimum atomic E-state index is -3.57. The molecule has 0 spiro atoms. The molecular weight excluding hydrogens is 382 g/mol. The zero-order chi connectivity index (χ0) is 18.9. The van der Waals surface area contributed by atoms with Gasteiger partial charge in [-0.15, -0.1) is 11.3 Å². The van der Waals surface area contributed by atoms with E-state index >= 15 is 0 Å². The number of rotatable bonds is 6. The van der Waals surface area contributed by atoms with E-state index in [1.54, 1.807) is 30.3 Å². The van der Waals surface area contributed by atoms with E-state index in [1.165, 1.54) is 29.6 Å². The second-order valence-corrected chi connectivity index (χ2v) is 9.65. The van der Waals surface area contributed by atoms with Crippen molar-refractivity contribution in [2.45, 2.75) is 43.2 Å². The molecular formula is C20H21NO4S2. The highest BCUT2D eigenvalue weighted by Crippen LogP contribution is 2.29. The standard InChI is InChI=1S/C20H21NO4S2/c22-20(18-6-3-11-25-18)19-10-8-16(26-19)13-21-27(23,24)17-9-7-14-4-1-2-5-15(14)12-17/h3,6-12,20-22H,1-2,4-5,13H2/t20-/m0/s1. The van der Waals surface area contributed by atoms with Gasteiger partial charge in [-0.25, -0.2) is 13.1 Å². The van der Waals surface area contributed by atoms with Crippen LogP contribution in [-0.4, -0.2) is 13.5 Å². The molecule has 1 atom stereocenters. The van der Waals surface area contributed by atoms with Crippen LogP contribution in [0.15, 0.2) is 58.0 Å². The van der Waals surface area contributed by atoms with Crippen LogP contribution in [0.25, 0.3) is 0 Å². The molecule has 1 aromatic carbocycles. The van der Waals surface area contributed by atoms with Gasteiger partial charge in [0.25, 0.3) is 0 Å². The van der Waals surface area contributed by atoms with Crippen molar-refractivity contribution in [2.75, 3.05) is 0 Å². The summed E-state index contributed by atoms with van der Waals surface area (Å²) in [6.45, 7) is 0.189. The van der Waals surface area contributed by atoms with Gasteiger partial charge in [-0.05, 0) is 73.2 Å². The lowest BCUT2D eigenvalue weighted by Gasteiger charge is -2.16. The van der Waals surface area contributed by atoms with Gasteiger partial charge in [0.05, 0.1) is 11.2 Å². The molecule has 0 aliphatic heterocycles. The monoisotopic (exact) mass is 403 g/mol. The fourth-order valence-electron chi connectivity index (χ4n) is 3.35. The molecule has 0 radical (unpaired) electrons. The first-order valence-electron chi connectivity index (χ1n) is 8.94. The molecule has 1 aliphatic carbocycles. The summed E-state index contributed by atoms with van der Waals surface area (Å²) in [5.74, 6) is 0.470. The first-order chi connectivity index (χ1) is 13.0. The Morgan fingerprint density at radius 1 is 1.11 bits per heavy atom. The molecule has 27 heavy (non-hydrogen) atoms. The highest BCUT2D eigenvalue weighted by molar-refractivity contribution is 7.89. The number of nitrogens with one attached hydrogen (secondary N) is 1. The summed E-state index contributed by atoms with van der Waals surface area (Å²) < 4.78 is 33.2. The summed E-state index contributed by atoms with van der Waals surface area (Å²) in [4.78, 5) is 1.86. The first-order valence-corrected chi connectivity index (χ1v) is 11.2. The van der Waals surface area contributed by atoms with Crippen molar-refractivity contribution < 1.29 is 17.9 Å². The van der Waals surface area contributed by atoms with Crippen LogP contribution >= 0.6 is 11.3 Å². The predicted molar refractivity (Wildman–Crippen MR) is 104 cm³/mol. The molecule has 3 aromatic rings. The Balaban J connectivity index is 1.45. The highest BCUT2D eigenvalue weighted by atomic mass is 32.2. The second-order valence-electron chi connectivity index (χ2n) is 6.68. The minimum absolute atomic E-state index is 0.189. The van der Waals surface area contributed by atoms with Crippen LogP contribution in [0.4, 0.5) is 0 Å². The van der Waals surface area contributed by atoms with Gasteiger partial charge in [-0.1, -0.05) is 6.07 Å². The van der Waals surface area contributed by atoms with Gasteiger partial charge in [0.2, 0.25) is 10.0 Å². The molecule has 0 saturated carbocycles. The van der Waals surface area contributed by atoms with Crippen LogP contribution in [0.1, 0.15) is 45.6 Å². The van der Waals surface area contributed by atoms with Gasteiger partial charge in [-0.2, -0.15) is 0 Å². The fourth-order valence-corrected chi connectivity index (χ4v) is 5.45. The van der Waals surface area contributed by atoms with Crippen molar-refractivity contribution >= 4 is 21.4 Å². The Morgan fingerprint density at radius 3 is 2.70 bits per heavy atom. The number of furan rings is 1. The summed E-state index contributed by atoms with van der Waals surface area (Å²) in [5, 5.41) is 10.3. The molecule has 0 amide bonds. The maximum absolute atomic E-state index is 12.6. The number of hydrogen-bond acceptors (Lipinski definition) is 5. The molecule has 1 aliphatic rings. The van der Waals surface area contributed by atoms with Gasteiger partial charge in [-0.3, -0.25) is 0 Å². The molecule has 0 bridgehead atoms. The number of aryl methyl sites for hydroxylation is 2. The number of aliphatic hydroxyl groups is 1. The lowest BCUT2D eigenvalue weighted by atomic mass is 9.92. The summed E-state index contributed by atoms with van der Waals surface area (Å²) in [6.07, 6.45) is 4.93. The SMILES string of the molecule is O=S(=O)(NCc1ccc([C@@H](O)c2ccco2)s1)c1ccc2c(c1)CCCC2. The van der Waals surface area contributed by atoms with Gasteiger partial charge in [0.1, 0.15) is 11.9 Å². The normalized spacial score (nSPS) is 15.4. The van der Waals surface area contributed by atoms with Crippen molar-refractivity contribution in [3.8, 4) is 0 Å². The Kier molecular flexibility index (Phi) is 5.19. The largest absolute Gasteiger partial charge is 0.466 e. The molecule has 5 nitrogen and oxygen atoms in total. The van der Waals surface area contributed by atoms with Crippen molar-refractivity contribution in [3.05, 3.63) is 75.4 Å². The van der Waals surface area contributed by atoms with Crippen molar-refractivity contribution in [3.63, 3.8) is 0 Å². The van der Waals surface area contributed by atoms with E-state index in [0.29, 0.717) is 15.5 Å². The highest BCUT2D eigenvalue weighted by Gasteiger charge is 2.19. The van der Waals surface area contributed by atoms with Crippen LogP contribution in [0, 0.1) is 0 Å². The lowest BCUT2D eigenvalue weighted by Crippen LogP contribution is -2.23. The van der Waals surface area contributed by atoms with Crippen molar-refractivity contribution in [1.82, 2.24) is 4.72 Å². The van der Waals surface area contributed by atoms with Gasteiger partial charge < -0.3 is 9.52 Å². The number of sulfonamides is 1. The van der Waals surface area contributed by atoms with E-state index in [0.717, 1.165) is 29.7 Å². The van der Waals surface area contributed by atoms with Crippen LogP contribution in [-0.2, 0) is 29.4 Å². The van der Waals surface area contributed by atoms with Gasteiger partial charge >= 0.3 is 0 Å². The number of hydrogen-bond donors (Lipinski definition) is 2. The van der Waals surface area contributed by atoms with E-state index in [4.69, 9.17) is 4.42 Å². The summed E-state index contributed by atoms with van der Waals surface area (Å²) in [5.41, 5.74) is 2.40. The Morgan fingerprint density at radius 2 is 1.93 bits per heavy atom. The van der Waals surface area contributed by atoms with Crippen LogP contribution in [0.5, 0.6) is 0 Å². The summed E-state index contributed by atoms with van der Waals surface area (Å²) in [7, 11) is -3.57. The third-order valence-corrected chi connectivity index (χ3v) is 7.37. The second kappa shape index (κ2) is 7.59. The number of benzene rings is 1. The summed E-state index contributed by atoms with van der Waals surface area (Å²) in [6, 6.07) is 12.5. The zero-order valence-electron chi connectivity index (χ0n) is 14.7. The van der Waals surface area contributed by atoms with Crippen molar-refractivity contribution in [2.24, 2.45) is 0 Å². The zero-order valence-corrected chi connectivity index (χ0v) is 16.4. The quantitative estimate of drug-likeness (QED) is 0.656. The van der Waals surface area contributed by atoms with Gasteiger partial charge in [0.15, 0.2) is 0 Å². The Bertz CT molecular complexity index is 1020. The average molecular weight is 404 g/mol. The molecule has 2 aromatic heterocycles. The molecule has 0 unspecified atom stereocenters. The maximum Gasteiger partial charge on any atom is 0.240 e. The molecule has 2 heterocycles. The smallest absolute Gasteiger partial charge is 0.240 e. The first kappa shape index (κ1) is 18.4. The summed E-state index contributed by atoms with van der Waals surface area (Å²) >= 11 is 1.36. The van der Waals surface area contributed by atoms with E-state index < -0.39 is 16.1 Å². The maximum atomic E-state index is 12.6. The molecule has 0 fully saturated rings. The third kappa shape index (κ3) is 4.01. The Hall–Kier alpha value is -1.93. The topological polar surface area (TPSA) is 79.5 Å². The van der Waals surface area contributed by atoms with E-state index in [2.05, 4.69) is 4.72 Å². The number of fused-ring (bicyclic) bond motifs is 1. The Labute approximate surface area is 162 Å². The number of aliphatic hydroxyl groups excluding tert-OH is 1. The molecule has 7 heteroatoms. The van der Waals surface area contributed by atoms with Crippen LogP contribution in [0.3, 0.4) is 0 Å². The van der Waals surface area contributed by atoms with E-state index in [-0.39, 0.29) is 6.54 Å². The number of thiophene rings is 1. The molecule has 4 rings (SSSR count). The van der Waals surface area contributed by atoms with Crippen LogP contribution < -0.4 is 4.72 Å². The van der Waals surface area contributed by atoms with Gasteiger partial charge in [0, 0.05) is 16.3 Å². The fraction of sp³-hybridized carbons (Fsp3) is 0.300. The van der Waals surface area contributed by atoms with Crippen molar-refractivity contribution in [1.29, 1.82) is 0 Å². The average Bonchev–Trinajstić information content (AvgIpc) is 3.37. The molecule has 2 N–H and O–H groups in total. The third-order valence-electron chi connectivity index (χ3n) is 4.83. The van der Waals surface area contributed by atoms with Crippen LogP contribution in [0.2, 0.25) is 0 Å². The van der Waals surface area contributed by atoms with E-state index in [1.807, 2.05) is 12.1 Å². The van der Waals surface area contributed by atoms with E-state index in [9.17, 15) is 13.5 Å².